The predicted octanol–water partition coefficient (Wildman–Crippen LogP) is 1.50. The molecule has 2 fully saturated rings. The van der Waals surface area contributed by atoms with E-state index in [1.54, 1.807) is 20.7 Å². The van der Waals surface area contributed by atoms with Gasteiger partial charge >= 0.3 is 0 Å². The lowest BCUT2D eigenvalue weighted by molar-refractivity contribution is -0.143. The molecular formula is C24H26N4O4. The third kappa shape index (κ3) is 3.76. The molecule has 8 heteroatoms. The van der Waals surface area contributed by atoms with Crippen molar-refractivity contribution in [3.63, 3.8) is 0 Å². The number of carbonyl (C=O) groups is 2. The number of hydrogen-bond donors (Lipinski definition) is 2. The molecule has 0 atom stereocenters. The van der Waals surface area contributed by atoms with Crippen LogP contribution in [-0.4, -0.2) is 80.0 Å². The molecule has 0 radical (unpaired) electrons. The van der Waals surface area contributed by atoms with E-state index in [4.69, 9.17) is 0 Å². The summed E-state index contributed by atoms with van der Waals surface area (Å²) >= 11 is 0. The molecule has 0 spiro atoms. The standard InChI is InChI=1S/C24H26N4O4/c29-14-13-28-21-15-19(5-6-20(21)16-25-28)17-1-3-18(4-2-17)22(30)26-9-11-27(12-10-26)23(31)24(32)7-8-24/h1-6,15-16,29,32H,7-14H2. The summed E-state index contributed by atoms with van der Waals surface area (Å²) in [5, 5.41) is 24.6. The van der Waals surface area contributed by atoms with Crippen LogP contribution in [0.5, 0.6) is 0 Å². The molecule has 1 aliphatic carbocycles. The molecule has 166 valence electrons. The maximum atomic E-state index is 12.9. The molecule has 32 heavy (non-hydrogen) atoms. The van der Waals surface area contributed by atoms with Gasteiger partial charge in [0.15, 0.2) is 0 Å². The van der Waals surface area contributed by atoms with E-state index in [0.29, 0.717) is 51.1 Å². The number of aliphatic hydroxyl groups is 2. The van der Waals surface area contributed by atoms with E-state index < -0.39 is 5.60 Å². The number of piperazine rings is 1. The average molecular weight is 434 g/mol. The van der Waals surface area contributed by atoms with Gasteiger partial charge in [0.1, 0.15) is 5.60 Å². The maximum Gasteiger partial charge on any atom is 0.254 e. The fourth-order valence-electron chi connectivity index (χ4n) is 4.25. The van der Waals surface area contributed by atoms with Gasteiger partial charge < -0.3 is 20.0 Å². The smallest absolute Gasteiger partial charge is 0.254 e. The van der Waals surface area contributed by atoms with Crippen LogP contribution < -0.4 is 0 Å². The minimum Gasteiger partial charge on any atom is -0.394 e. The van der Waals surface area contributed by atoms with Gasteiger partial charge in [0.05, 0.1) is 24.9 Å². The summed E-state index contributed by atoms with van der Waals surface area (Å²) in [6, 6.07) is 13.6. The van der Waals surface area contributed by atoms with Gasteiger partial charge in [0.25, 0.3) is 11.8 Å². The van der Waals surface area contributed by atoms with E-state index in [9.17, 15) is 19.8 Å². The van der Waals surface area contributed by atoms with Crippen LogP contribution in [0.4, 0.5) is 0 Å². The molecule has 3 aromatic rings. The molecule has 2 N–H and O–H groups in total. The molecule has 5 rings (SSSR count). The quantitative estimate of drug-likeness (QED) is 0.634. The normalized spacial score (nSPS) is 17.6. The van der Waals surface area contributed by atoms with Crippen LogP contribution in [0.25, 0.3) is 22.0 Å². The van der Waals surface area contributed by atoms with Gasteiger partial charge in [-0.25, -0.2) is 0 Å². The fraction of sp³-hybridized carbons (Fsp3) is 0.375. The number of fused-ring (bicyclic) bond motifs is 1. The second-order valence-electron chi connectivity index (χ2n) is 8.56. The van der Waals surface area contributed by atoms with E-state index in [-0.39, 0.29) is 18.4 Å². The van der Waals surface area contributed by atoms with Crippen LogP contribution >= 0.6 is 0 Å². The van der Waals surface area contributed by atoms with E-state index in [1.807, 2.05) is 42.5 Å². The second kappa shape index (κ2) is 8.03. The number of carbonyl (C=O) groups excluding carboxylic acids is 2. The van der Waals surface area contributed by atoms with Crippen LogP contribution in [0.1, 0.15) is 23.2 Å². The molecule has 1 aliphatic heterocycles. The lowest BCUT2D eigenvalue weighted by Gasteiger charge is -2.35. The van der Waals surface area contributed by atoms with Gasteiger partial charge in [-0.05, 0) is 42.2 Å². The number of aromatic nitrogens is 2. The highest BCUT2D eigenvalue weighted by atomic mass is 16.3. The predicted molar refractivity (Wildman–Crippen MR) is 119 cm³/mol. The third-order valence-electron chi connectivity index (χ3n) is 6.40. The lowest BCUT2D eigenvalue weighted by Crippen LogP contribution is -2.53. The highest BCUT2D eigenvalue weighted by molar-refractivity contribution is 5.95. The fourth-order valence-corrected chi connectivity index (χ4v) is 4.25. The number of hydrogen-bond acceptors (Lipinski definition) is 5. The SMILES string of the molecule is O=C(c1ccc(-c2ccc3cnn(CCO)c3c2)cc1)N1CCN(C(=O)C2(O)CC2)CC1. The molecule has 0 bridgehead atoms. The molecule has 0 unspecified atom stereocenters. The van der Waals surface area contributed by atoms with Crippen LogP contribution in [-0.2, 0) is 11.3 Å². The summed E-state index contributed by atoms with van der Waals surface area (Å²) in [7, 11) is 0. The average Bonchev–Trinajstić information content (AvgIpc) is 3.47. The molecule has 2 aromatic carbocycles. The van der Waals surface area contributed by atoms with E-state index in [1.165, 1.54) is 0 Å². The van der Waals surface area contributed by atoms with E-state index >= 15 is 0 Å². The largest absolute Gasteiger partial charge is 0.394 e. The highest BCUT2D eigenvalue weighted by Gasteiger charge is 2.50. The van der Waals surface area contributed by atoms with Crippen molar-refractivity contribution in [1.29, 1.82) is 0 Å². The summed E-state index contributed by atoms with van der Waals surface area (Å²) < 4.78 is 1.78. The first kappa shape index (κ1) is 20.7. The summed E-state index contributed by atoms with van der Waals surface area (Å²) in [6.07, 6.45) is 2.86. The Labute approximate surface area is 185 Å². The molecule has 2 amide bonds. The zero-order chi connectivity index (χ0) is 22.3. The Morgan fingerprint density at radius 1 is 0.938 bits per heavy atom. The Morgan fingerprint density at radius 3 is 2.25 bits per heavy atom. The molecule has 2 heterocycles. The molecule has 1 saturated carbocycles. The van der Waals surface area contributed by atoms with Gasteiger partial charge in [-0.15, -0.1) is 0 Å². The van der Waals surface area contributed by atoms with Crippen molar-refractivity contribution in [2.45, 2.75) is 25.0 Å². The van der Waals surface area contributed by atoms with Crippen molar-refractivity contribution >= 4 is 22.7 Å². The first-order valence-electron chi connectivity index (χ1n) is 11.0. The van der Waals surface area contributed by atoms with Gasteiger partial charge in [-0.3, -0.25) is 14.3 Å². The first-order valence-corrected chi connectivity index (χ1v) is 11.0. The molecular weight excluding hydrogens is 408 g/mol. The van der Waals surface area contributed by atoms with Gasteiger partial charge in [-0.2, -0.15) is 5.10 Å². The Morgan fingerprint density at radius 2 is 1.59 bits per heavy atom. The van der Waals surface area contributed by atoms with Crippen molar-refractivity contribution in [3.8, 4) is 11.1 Å². The molecule has 8 nitrogen and oxygen atoms in total. The van der Waals surface area contributed by atoms with Gasteiger partial charge in [-0.1, -0.05) is 24.3 Å². The summed E-state index contributed by atoms with van der Waals surface area (Å²) in [4.78, 5) is 28.6. The van der Waals surface area contributed by atoms with Crippen LogP contribution in [0.15, 0.2) is 48.7 Å². The monoisotopic (exact) mass is 434 g/mol. The van der Waals surface area contributed by atoms with Crippen molar-refractivity contribution in [2.24, 2.45) is 0 Å². The van der Waals surface area contributed by atoms with Crippen LogP contribution in [0, 0.1) is 0 Å². The number of amides is 2. The van der Waals surface area contributed by atoms with Gasteiger partial charge in [0, 0.05) is 37.1 Å². The van der Waals surface area contributed by atoms with Crippen molar-refractivity contribution < 1.29 is 19.8 Å². The minimum absolute atomic E-state index is 0.0289. The van der Waals surface area contributed by atoms with Crippen LogP contribution in [0.2, 0.25) is 0 Å². The van der Waals surface area contributed by atoms with E-state index in [0.717, 1.165) is 22.0 Å². The zero-order valence-corrected chi connectivity index (χ0v) is 17.8. The summed E-state index contributed by atoms with van der Waals surface area (Å²) in [5.41, 5.74) is 2.43. The van der Waals surface area contributed by atoms with Crippen molar-refractivity contribution in [2.75, 3.05) is 32.8 Å². The topological polar surface area (TPSA) is 98.9 Å². The Hall–Kier alpha value is -3.23. The Bertz CT molecular complexity index is 1160. The zero-order valence-electron chi connectivity index (χ0n) is 17.8. The maximum absolute atomic E-state index is 12.9. The Balaban J connectivity index is 1.27. The third-order valence-corrected chi connectivity index (χ3v) is 6.40. The summed E-state index contributed by atoms with van der Waals surface area (Å²) in [5.74, 6) is -0.253. The number of nitrogens with zero attached hydrogens (tertiary/aromatic N) is 4. The second-order valence-corrected chi connectivity index (χ2v) is 8.56. The number of rotatable bonds is 5. The van der Waals surface area contributed by atoms with E-state index in [2.05, 4.69) is 5.10 Å². The summed E-state index contributed by atoms with van der Waals surface area (Å²) in [6.45, 7) is 2.31. The molecule has 1 saturated heterocycles. The minimum atomic E-state index is -1.15. The Kier molecular flexibility index (Phi) is 5.19. The van der Waals surface area contributed by atoms with Gasteiger partial charge in [0.2, 0.25) is 0 Å². The lowest BCUT2D eigenvalue weighted by atomic mass is 10.0. The first-order chi connectivity index (χ1) is 15.5. The highest BCUT2D eigenvalue weighted by Crippen LogP contribution is 2.37. The number of aliphatic hydroxyl groups excluding tert-OH is 1. The molecule has 1 aromatic heterocycles. The van der Waals surface area contributed by atoms with Crippen LogP contribution in [0.3, 0.4) is 0 Å². The van der Waals surface area contributed by atoms with Crippen molar-refractivity contribution in [3.05, 3.63) is 54.2 Å². The molecule has 2 aliphatic rings. The number of benzene rings is 2. The van der Waals surface area contributed by atoms with Crippen molar-refractivity contribution in [1.82, 2.24) is 19.6 Å².